The summed E-state index contributed by atoms with van der Waals surface area (Å²) in [6.45, 7) is 5.64. The average Bonchev–Trinajstić information content (AvgIpc) is 3.44. The number of aryl methyl sites for hydroxylation is 1. The number of halogens is 1. The summed E-state index contributed by atoms with van der Waals surface area (Å²) in [5.41, 5.74) is 1.18. The highest BCUT2D eigenvalue weighted by atomic mass is 19.1. The third-order valence-electron chi connectivity index (χ3n) is 9.15. The van der Waals surface area contributed by atoms with Gasteiger partial charge in [0, 0.05) is 56.3 Å². The van der Waals surface area contributed by atoms with E-state index in [1.807, 2.05) is 52.9 Å². The van der Waals surface area contributed by atoms with Gasteiger partial charge in [-0.25, -0.2) is 9.37 Å². The van der Waals surface area contributed by atoms with E-state index in [1.165, 1.54) is 17.0 Å². The zero-order valence-corrected chi connectivity index (χ0v) is 24.0. The van der Waals surface area contributed by atoms with Crippen molar-refractivity contribution in [1.29, 1.82) is 0 Å². The lowest BCUT2D eigenvalue weighted by atomic mass is 9.79. The number of hydrogen-bond acceptors (Lipinski definition) is 5. The molecule has 1 amide bonds. The minimum Gasteiger partial charge on any atom is -0.388 e. The van der Waals surface area contributed by atoms with Crippen LogP contribution in [0.1, 0.15) is 43.2 Å². The van der Waals surface area contributed by atoms with Crippen LogP contribution < -0.4 is 5.56 Å². The van der Waals surface area contributed by atoms with Crippen LogP contribution in [0.5, 0.6) is 0 Å². The van der Waals surface area contributed by atoms with Crippen molar-refractivity contribution in [3.8, 4) is 0 Å². The van der Waals surface area contributed by atoms with Crippen LogP contribution in [-0.4, -0.2) is 66.7 Å². The van der Waals surface area contributed by atoms with Gasteiger partial charge in [0.1, 0.15) is 17.8 Å². The number of carbonyl (C=O) groups is 1. The Balaban J connectivity index is 1.14. The molecule has 2 saturated heterocycles. The predicted octanol–water partition coefficient (Wildman–Crippen LogP) is 4.02. The van der Waals surface area contributed by atoms with E-state index in [1.54, 1.807) is 12.1 Å². The first-order valence-electron chi connectivity index (χ1n) is 14.9. The third kappa shape index (κ3) is 5.63. The van der Waals surface area contributed by atoms with Gasteiger partial charge in [-0.3, -0.25) is 19.1 Å². The fraction of sp³-hybridized carbons (Fsp3) is 0.424. The molecule has 0 spiro atoms. The zero-order chi connectivity index (χ0) is 29.3. The van der Waals surface area contributed by atoms with E-state index in [0.717, 1.165) is 12.1 Å². The van der Waals surface area contributed by atoms with E-state index in [9.17, 15) is 19.1 Å². The number of benzene rings is 2. The molecule has 4 heterocycles. The van der Waals surface area contributed by atoms with Crippen molar-refractivity contribution in [2.24, 2.45) is 5.92 Å². The Morgan fingerprint density at radius 2 is 1.76 bits per heavy atom. The maximum Gasteiger partial charge on any atom is 0.262 e. The van der Waals surface area contributed by atoms with Crippen LogP contribution in [0.3, 0.4) is 0 Å². The van der Waals surface area contributed by atoms with Gasteiger partial charge in [0.25, 0.3) is 5.56 Å². The number of piperidine rings is 2. The molecule has 6 rings (SSSR count). The molecule has 2 atom stereocenters. The highest BCUT2D eigenvalue weighted by molar-refractivity contribution is 5.80. The molecule has 9 heteroatoms. The summed E-state index contributed by atoms with van der Waals surface area (Å²) in [7, 11) is 0. The number of rotatable bonds is 7. The van der Waals surface area contributed by atoms with Crippen molar-refractivity contribution in [1.82, 2.24) is 23.9 Å². The van der Waals surface area contributed by atoms with Gasteiger partial charge in [-0.05, 0) is 50.4 Å². The highest BCUT2D eigenvalue weighted by Crippen LogP contribution is 2.36. The van der Waals surface area contributed by atoms with E-state index >= 15 is 0 Å². The fourth-order valence-corrected chi connectivity index (χ4v) is 6.69. The first-order valence-corrected chi connectivity index (χ1v) is 14.9. The quantitative estimate of drug-likeness (QED) is 0.363. The summed E-state index contributed by atoms with van der Waals surface area (Å²) in [5.74, 6) is -0.290. The van der Waals surface area contributed by atoms with Crippen molar-refractivity contribution in [3.63, 3.8) is 0 Å². The second-order valence-corrected chi connectivity index (χ2v) is 11.8. The van der Waals surface area contributed by atoms with E-state index in [2.05, 4.69) is 22.0 Å². The number of hydrogen-bond donors (Lipinski definition) is 1. The molecule has 2 fully saturated rings. The first-order chi connectivity index (χ1) is 20.3. The molecular weight excluding hydrogens is 533 g/mol. The SMILES string of the molecule is CCn1ccc2c(=O)n(CC3(O)CCN(C(=O)[C@@H]4CCN(Cc5ccccc5F)C[C@H]4c4ccccc4)CC3)cnc21. The van der Waals surface area contributed by atoms with Crippen LogP contribution in [-0.2, 0) is 24.4 Å². The predicted molar refractivity (Wildman–Crippen MR) is 159 cm³/mol. The molecule has 2 aliphatic rings. The molecule has 220 valence electrons. The summed E-state index contributed by atoms with van der Waals surface area (Å²) in [6.07, 6.45) is 4.84. The molecule has 4 aromatic rings. The maximum atomic E-state index is 14.4. The summed E-state index contributed by atoms with van der Waals surface area (Å²) in [4.78, 5) is 35.6. The molecule has 42 heavy (non-hydrogen) atoms. The topological polar surface area (TPSA) is 83.6 Å². The van der Waals surface area contributed by atoms with E-state index in [-0.39, 0.29) is 35.7 Å². The number of aromatic nitrogens is 3. The van der Waals surface area contributed by atoms with Gasteiger partial charge < -0.3 is 14.6 Å². The van der Waals surface area contributed by atoms with Crippen molar-refractivity contribution in [2.45, 2.75) is 57.3 Å². The lowest BCUT2D eigenvalue weighted by molar-refractivity contribution is -0.142. The zero-order valence-electron chi connectivity index (χ0n) is 24.0. The normalized spacial score (nSPS) is 21.1. The van der Waals surface area contributed by atoms with Crippen LogP contribution in [0.15, 0.2) is 78.0 Å². The molecule has 2 aromatic carbocycles. The number of carbonyl (C=O) groups excluding carboxylic acids is 1. The average molecular weight is 572 g/mol. The monoisotopic (exact) mass is 571 g/mol. The van der Waals surface area contributed by atoms with Crippen LogP contribution in [0, 0.1) is 11.7 Å². The smallest absolute Gasteiger partial charge is 0.262 e. The van der Waals surface area contributed by atoms with Crippen LogP contribution in [0.25, 0.3) is 11.0 Å². The molecule has 0 saturated carbocycles. The van der Waals surface area contributed by atoms with E-state index in [0.29, 0.717) is 68.6 Å². The summed E-state index contributed by atoms with van der Waals surface area (Å²) >= 11 is 0. The Hall–Kier alpha value is -3.82. The summed E-state index contributed by atoms with van der Waals surface area (Å²) in [5, 5.41) is 12.0. The summed E-state index contributed by atoms with van der Waals surface area (Å²) in [6, 6.07) is 18.8. The van der Waals surface area contributed by atoms with Gasteiger partial charge in [-0.1, -0.05) is 48.5 Å². The van der Waals surface area contributed by atoms with Gasteiger partial charge in [-0.2, -0.15) is 0 Å². The van der Waals surface area contributed by atoms with Gasteiger partial charge >= 0.3 is 0 Å². The van der Waals surface area contributed by atoms with E-state index in [4.69, 9.17) is 0 Å². The van der Waals surface area contributed by atoms with Crippen molar-refractivity contribution in [3.05, 3.63) is 100 Å². The van der Waals surface area contributed by atoms with Gasteiger partial charge in [-0.15, -0.1) is 0 Å². The standard InChI is InChI=1S/C33H38FN5O3/c1-2-37-17-13-27-30(37)35-23-39(32(27)41)22-33(42)14-18-38(19-15-33)31(40)26-12-16-36(20-25-10-6-7-11-29(25)34)21-28(26)24-8-4-3-5-9-24/h3-11,13,17,23,26,28,42H,2,12,14-16,18-22H2,1H3/t26-,28+/m1/s1. The van der Waals surface area contributed by atoms with Crippen molar-refractivity contribution >= 4 is 16.9 Å². The number of nitrogens with zero attached hydrogens (tertiary/aromatic N) is 5. The first kappa shape index (κ1) is 28.3. The minimum absolute atomic E-state index is 0.00756. The minimum atomic E-state index is -1.09. The fourth-order valence-electron chi connectivity index (χ4n) is 6.69. The lowest BCUT2D eigenvalue weighted by Gasteiger charge is -2.43. The Morgan fingerprint density at radius 1 is 1.02 bits per heavy atom. The molecule has 0 aliphatic carbocycles. The molecule has 2 aliphatic heterocycles. The molecule has 0 unspecified atom stereocenters. The van der Waals surface area contributed by atoms with Crippen LogP contribution in [0.2, 0.25) is 0 Å². The van der Waals surface area contributed by atoms with Crippen molar-refractivity contribution in [2.75, 3.05) is 26.2 Å². The van der Waals surface area contributed by atoms with E-state index < -0.39 is 5.60 Å². The summed E-state index contributed by atoms with van der Waals surface area (Å²) < 4.78 is 17.8. The molecule has 0 radical (unpaired) electrons. The molecule has 2 aromatic heterocycles. The van der Waals surface area contributed by atoms with Crippen LogP contribution in [0.4, 0.5) is 4.39 Å². The molecular formula is C33H38FN5O3. The van der Waals surface area contributed by atoms with Gasteiger partial charge in [0.2, 0.25) is 5.91 Å². The van der Waals surface area contributed by atoms with Crippen molar-refractivity contribution < 1.29 is 14.3 Å². The third-order valence-corrected chi connectivity index (χ3v) is 9.15. The Labute approximate surface area is 245 Å². The Bertz CT molecular complexity index is 1610. The number of likely N-dealkylation sites (tertiary alicyclic amines) is 2. The lowest BCUT2D eigenvalue weighted by Crippen LogP contribution is -2.53. The molecule has 1 N–H and O–H groups in total. The molecule has 8 nitrogen and oxygen atoms in total. The van der Waals surface area contributed by atoms with Gasteiger partial charge in [0.05, 0.1) is 17.5 Å². The second-order valence-electron chi connectivity index (χ2n) is 11.8. The highest BCUT2D eigenvalue weighted by Gasteiger charge is 2.41. The number of fused-ring (bicyclic) bond motifs is 1. The molecule has 0 bridgehead atoms. The Morgan fingerprint density at radius 3 is 2.50 bits per heavy atom. The number of amides is 1. The van der Waals surface area contributed by atoms with Gasteiger partial charge in [0.15, 0.2) is 0 Å². The second kappa shape index (κ2) is 11.8. The number of aliphatic hydroxyl groups is 1. The maximum absolute atomic E-state index is 14.4. The largest absolute Gasteiger partial charge is 0.388 e. The Kier molecular flexibility index (Phi) is 7.96. The van der Waals surface area contributed by atoms with Crippen LogP contribution >= 0.6 is 0 Å².